The molecule has 1 aromatic rings. The summed E-state index contributed by atoms with van der Waals surface area (Å²) in [6.07, 6.45) is -0.339. The van der Waals surface area contributed by atoms with Crippen LogP contribution in [0.3, 0.4) is 0 Å². The van der Waals surface area contributed by atoms with Crippen LogP contribution in [0.15, 0.2) is 29.4 Å². The Morgan fingerprint density at radius 3 is 2.42 bits per heavy atom. The largest absolute Gasteiger partial charge is 0.477 e. The average Bonchev–Trinajstić information content (AvgIpc) is 2.34. The number of nitrogens with one attached hydrogen (secondary N) is 1. The van der Waals surface area contributed by atoms with Crippen molar-refractivity contribution in [2.45, 2.75) is 13.3 Å². The molecule has 0 atom stereocenters. The fraction of sp³-hybridized carbons (Fsp3) is 0.167. The first-order valence-electron chi connectivity index (χ1n) is 5.35. The van der Waals surface area contributed by atoms with Crippen molar-refractivity contribution in [3.05, 3.63) is 35.4 Å². The first kappa shape index (κ1) is 14.8. The number of nitrogens with two attached hydrogens (primary N) is 1. The van der Waals surface area contributed by atoms with Crippen molar-refractivity contribution >= 4 is 34.8 Å². The standard InChI is InChI=1S/C12H13N3O3S/c1-7-2-4-8(5-3-7)10(16)6-9(11(17)18)14-15-12(13)19/h2-5H,6H2,1H3,(H,17,18)(H3,13,15,19). The molecule has 100 valence electrons. The van der Waals surface area contributed by atoms with Gasteiger partial charge >= 0.3 is 5.97 Å². The van der Waals surface area contributed by atoms with Crippen LogP contribution in [0, 0.1) is 6.92 Å². The number of hydrogen-bond donors (Lipinski definition) is 3. The van der Waals surface area contributed by atoms with E-state index in [1.54, 1.807) is 24.3 Å². The number of benzene rings is 1. The van der Waals surface area contributed by atoms with Crippen molar-refractivity contribution in [2.24, 2.45) is 10.8 Å². The highest BCUT2D eigenvalue weighted by atomic mass is 32.1. The molecular weight excluding hydrogens is 266 g/mol. The summed E-state index contributed by atoms with van der Waals surface area (Å²) >= 11 is 4.50. The lowest BCUT2D eigenvalue weighted by Gasteiger charge is -2.03. The summed E-state index contributed by atoms with van der Waals surface area (Å²) in [7, 11) is 0. The van der Waals surface area contributed by atoms with Crippen LogP contribution in [0.25, 0.3) is 0 Å². The number of nitrogens with zero attached hydrogens (tertiary/aromatic N) is 1. The highest BCUT2D eigenvalue weighted by Gasteiger charge is 2.16. The lowest BCUT2D eigenvalue weighted by atomic mass is 10.0. The molecule has 0 aliphatic carbocycles. The van der Waals surface area contributed by atoms with Crippen LogP contribution in [0.2, 0.25) is 0 Å². The van der Waals surface area contributed by atoms with Crippen molar-refractivity contribution in [3.8, 4) is 0 Å². The van der Waals surface area contributed by atoms with Gasteiger partial charge in [-0.05, 0) is 19.1 Å². The van der Waals surface area contributed by atoms with E-state index in [0.717, 1.165) is 5.56 Å². The third-order valence-corrected chi connectivity index (χ3v) is 2.34. The van der Waals surface area contributed by atoms with Crippen LogP contribution < -0.4 is 11.2 Å². The number of aliphatic carboxylic acids is 1. The summed E-state index contributed by atoms with van der Waals surface area (Å²) < 4.78 is 0. The maximum absolute atomic E-state index is 11.9. The van der Waals surface area contributed by atoms with Crippen molar-refractivity contribution in [1.82, 2.24) is 5.43 Å². The molecule has 0 spiro atoms. The fourth-order valence-electron chi connectivity index (χ4n) is 1.28. The van der Waals surface area contributed by atoms with Crippen molar-refractivity contribution in [3.63, 3.8) is 0 Å². The Kier molecular flexibility index (Phi) is 5.13. The molecule has 6 nitrogen and oxygen atoms in total. The Morgan fingerprint density at radius 1 is 1.37 bits per heavy atom. The summed E-state index contributed by atoms with van der Waals surface area (Å²) in [5.74, 6) is -1.64. The van der Waals surface area contributed by atoms with Crippen LogP contribution in [-0.2, 0) is 4.79 Å². The lowest BCUT2D eigenvalue weighted by molar-refractivity contribution is -0.129. The molecule has 19 heavy (non-hydrogen) atoms. The van der Waals surface area contributed by atoms with Crippen LogP contribution in [0.1, 0.15) is 22.3 Å². The van der Waals surface area contributed by atoms with E-state index in [-0.39, 0.29) is 23.0 Å². The molecule has 0 amide bonds. The zero-order valence-electron chi connectivity index (χ0n) is 10.2. The number of carbonyl (C=O) groups is 2. The van der Waals surface area contributed by atoms with Crippen LogP contribution in [0.5, 0.6) is 0 Å². The number of ketones is 1. The molecule has 1 rings (SSSR count). The number of Topliss-reactive ketones (excluding diaryl/α,β-unsaturated/α-hetero) is 1. The van der Waals surface area contributed by atoms with E-state index in [9.17, 15) is 9.59 Å². The number of rotatable bonds is 5. The first-order chi connectivity index (χ1) is 8.90. The average molecular weight is 279 g/mol. The number of carboxylic acids is 1. The summed E-state index contributed by atoms with van der Waals surface area (Å²) in [5, 5.41) is 12.2. The Morgan fingerprint density at radius 2 is 1.95 bits per heavy atom. The van der Waals surface area contributed by atoms with Crippen molar-refractivity contribution in [2.75, 3.05) is 0 Å². The second-order valence-corrected chi connectivity index (χ2v) is 4.25. The third kappa shape index (κ3) is 4.84. The molecule has 0 fully saturated rings. The van der Waals surface area contributed by atoms with Gasteiger partial charge in [0.25, 0.3) is 0 Å². The van der Waals surface area contributed by atoms with Gasteiger partial charge in [-0.3, -0.25) is 10.2 Å². The van der Waals surface area contributed by atoms with Crippen molar-refractivity contribution < 1.29 is 14.7 Å². The third-order valence-electron chi connectivity index (χ3n) is 2.25. The number of aryl methyl sites for hydroxylation is 1. The van der Waals surface area contributed by atoms with Gasteiger partial charge in [0.15, 0.2) is 16.6 Å². The number of carbonyl (C=O) groups excluding carboxylic acids is 1. The first-order valence-corrected chi connectivity index (χ1v) is 5.76. The Labute approximate surface area is 115 Å². The Hall–Kier alpha value is -2.28. The summed E-state index contributed by atoms with van der Waals surface area (Å²) in [6, 6.07) is 6.83. The second kappa shape index (κ2) is 6.60. The van der Waals surface area contributed by atoms with E-state index in [2.05, 4.69) is 22.7 Å². The van der Waals surface area contributed by atoms with Gasteiger partial charge < -0.3 is 10.8 Å². The maximum Gasteiger partial charge on any atom is 0.352 e. The van der Waals surface area contributed by atoms with Gasteiger partial charge in [0.05, 0.1) is 6.42 Å². The van der Waals surface area contributed by atoms with Crippen LogP contribution in [0.4, 0.5) is 0 Å². The minimum absolute atomic E-state index is 0.165. The predicted octanol–water partition coefficient (Wildman–Crippen LogP) is 0.842. The molecule has 0 aliphatic heterocycles. The van der Waals surface area contributed by atoms with Gasteiger partial charge in [0, 0.05) is 5.56 Å². The second-order valence-electron chi connectivity index (χ2n) is 3.81. The number of carboxylic acid groups (broad SMARTS) is 1. The molecule has 0 radical (unpaired) electrons. The van der Waals surface area contributed by atoms with E-state index in [4.69, 9.17) is 10.8 Å². The van der Waals surface area contributed by atoms with Gasteiger partial charge in [-0.15, -0.1) is 0 Å². The minimum Gasteiger partial charge on any atom is -0.477 e. The molecule has 1 aromatic carbocycles. The minimum atomic E-state index is -1.30. The van der Waals surface area contributed by atoms with E-state index >= 15 is 0 Å². The van der Waals surface area contributed by atoms with Gasteiger partial charge in [-0.25, -0.2) is 4.79 Å². The highest BCUT2D eigenvalue weighted by molar-refractivity contribution is 7.80. The summed E-state index contributed by atoms with van der Waals surface area (Å²) in [4.78, 5) is 22.8. The summed E-state index contributed by atoms with van der Waals surface area (Å²) in [6.45, 7) is 1.89. The monoisotopic (exact) mass is 279 g/mol. The Balaban J connectivity index is 2.82. The van der Waals surface area contributed by atoms with Gasteiger partial charge in [-0.2, -0.15) is 5.10 Å². The predicted molar refractivity (Wildman–Crippen MR) is 75.1 cm³/mol. The number of hydrazone groups is 1. The molecule has 7 heteroatoms. The normalized spacial score (nSPS) is 10.9. The molecular formula is C12H13N3O3S. The number of hydrogen-bond acceptors (Lipinski definition) is 4. The topological polar surface area (TPSA) is 105 Å². The molecule has 0 heterocycles. The lowest BCUT2D eigenvalue weighted by Crippen LogP contribution is -2.28. The van der Waals surface area contributed by atoms with Crippen LogP contribution in [-0.4, -0.2) is 27.7 Å². The van der Waals surface area contributed by atoms with E-state index in [1.165, 1.54) is 0 Å². The molecule has 0 saturated heterocycles. The quantitative estimate of drug-likeness (QED) is 0.319. The zero-order valence-corrected chi connectivity index (χ0v) is 11.0. The molecule has 0 aliphatic rings. The van der Waals surface area contributed by atoms with Gasteiger partial charge in [-0.1, -0.05) is 29.8 Å². The molecule has 0 aromatic heterocycles. The molecule has 4 N–H and O–H groups in total. The Bertz CT molecular complexity index is 538. The molecule has 0 bridgehead atoms. The van der Waals surface area contributed by atoms with E-state index in [1.807, 2.05) is 6.92 Å². The summed E-state index contributed by atoms with van der Waals surface area (Å²) in [5.41, 5.74) is 8.38. The SMILES string of the molecule is Cc1ccc(C(=O)CC(=NNC(N)=S)C(=O)O)cc1. The smallest absolute Gasteiger partial charge is 0.352 e. The van der Waals surface area contributed by atoms with E-state index in [0.29, 0.717) is 5.56 Å². The van der Waals surface area contributed by atoms with Gasteiger partial charge in [0.1, 0.15) is 0 Å². The van der Waals surface area contributed by atoms with Crippen LogP contribution >= 0.6 is 12.2 Å². The highest BCUT2D eigenvalue weighted by Crippen LogP contribution is 2.07. The zero-order chi connectivity index (χ0) is 14.4. The molecule has 0 unspecified atom stereocenters. The van der Waals surface area contributed by atoms with E-state index < -0.39 is 5.97 Å². The molecule has 0 saturated carbocycles. The number of thiocarbonyl (C=S) groups is 1. The van der Waals surface area contributed by atoms with Crippen molar-refractivity contribution in [1.29, 1.82) is 0 Å². The van der Waals surface area contributed by atoms with Gasteiger partial charge in [0.2, 0.25) is 0 Å². The fourth-order valence-corrected chi connectivity index (χ4v) is 1.32. The maximum atomic E-state index is 11.9.